The van der Waals surface area contributed by atoms with E-state index in [1.165, 1.54) is 0 Å². The van der Waals surface area contributed by atoms with E-state index in [1.807, 2.05) is 48.5 Å². The molecule has 0 aliphatic carbocycles. The number of pyridine rings is 1. The van der Waals surface area contributed by atoms with Gasteiger partial charge >= 0.3 is 6.03 Å². The lowest BCUT2D eigenvalue weighted by Gasteiger charge is -2.22. The maximum Gasteiger partial charge on any atom is 0.323 e. The number of nitrogens with zero attached hydrogens (tertiary/aromatic N) is 1. The van der Waals surface area contributed by atoms with Crippen LogP contribution in [0.25, 0.3) is 0 Å². The lowest BCUT2D eigenvalue weighted by molar-refractivity contribution is 0.262. The average Bonchev–Trinajstić information content (AvgIpc) is 2.78. The highest BCUT2D eigenvalue weighted by Crippen LogP contribution is 2.35. The van der Waals surface area contributed by atoms with E-state index in [2.05, 4.69) is 43.3 Å². The summed E-state index contributed by atoms with van der Waals surface area (Å²) in [7, 11) is 0. The summed E-state index contributed by atoms with van der Waals surface area (Å²) in [6.45, 7) is 9.20. The van der Waals surface area contributed by atoms with Gasteiger partial charge in [-0.2, -0.15) is 0 Å². The number of anilines is 2. The van der Waals surface area contributed by atoms with Crippen LogP contribution in [0, 0.1) is 0 Å². The number of unbranched alkanes of at least 4 members (excludes halogenated alkanes) is 2. The molecule has 0 aliphatic rings. The highest BCUT2D eigenvalue weighted by atomic mass is 16.5. The fourth-order valence-corrected chi connectivity index (χ4v) is 3.34. The molecule has 0 fully saturated rings. The van der Waals surface area contributed by atoms with Crippen molar-refractivity contribution in [1.29, 1.82) is 0 Å². The molecule has 1 heterocycles. The van der Waals surface area contributed by atoms with Crippen molar-refractivity contribution in [3.05, 3.63) is 72.4 Å². The van der Waals surface area contributed by atoms with E-state index < -0.39 is 0 Å². The Labute approximate surface area is 196 Å². The zero-order valence-corrected chi connectivity index (χ0v) is 19.9. The summed E-state index contributed by atoms with van der Waals surface area (Å²) in [6, 6.07) is 18.3. The van der Waals surface area contributed by atoms with Crippen LogP contribution < -0.4 is 20.1 Å². The number of hydrogen-bond acceptors (Lipinski definition) is 4. The SMILES string of the molecule is CCCCCOc1cccc(NC(=O)Nc2cccnc2Oc2ccccc2C(C)(C)C)c1. The highest BCUT2D eigenvalue weighted by Gasteiger charge is 2.20. The molecular weight excluding hydrogens is 414 g/mol. The molecule has 2 aromatic carbocycles. The van der Waals surface area contributed by atoms with Crippen LogP contribution in [0.2, 0.25) is 0 Å². The third-order valence-electron chi connectivity index (χ3n) is 5.03. The molecule has 0 spiro atoms. The maximum absolute atomic E-state index is 12.7. The molecule has 6 nitrogen and oxygen atoms in total. The van der Waals surface area contributed by atoms with Crippen LogP contribution in [0.1, 0.15) is 52.5 Å². The Morgan fingerprint density at radius 1 is 0.970 bits per heavy atom. The predicted molar refractivity (Wildman–Crippen MR) is 134 cm³/mol. The maximum atomic E-state index is 12.7. The Bertz CT molecular complexity index is 1060. The first-order valence-electron chi connectivity index (χ1n) is 11.4. The van der Waals surface area contributed by atoms with Gasteiger partial charge in [0.25, 0.3) is 0 Å². The lowest BCUT2D eigenvalue weighted by Crippen LogP contribution is -2.20. The number of hydrogen-bond donors (Lipinski definition) is 2. The molecule has 0 radical (unpaired) electrons. The van der Waals surface area contributed by atoms with Crippen molar-refractivity contribution in [1.82, 2.24) is 4.98 Å². The first-order valence-corrected chi connectivity index (χ1v) is 11.4. The van der Waals surface area contributed by atoms with E-state index in [0.717, 1.165) is 30.6 Å². The van der Waals surface area contributed by atoms with Crippen molar-refractivity contribution >= 4 is 17.4 Å². The molecule has 3 rings (SSSR count). The Kier molecular flexibility index (Phi) is 8.30. The summed E-state index contributed by atoms with van der Waals surface area (Å²) < 4.78 is 11.9. The number of amides is 2. The van der Waals surface area contributed by atoms with Crippen molar-refractivity contribution < 1.29 is 14.3 Å². The molecule has 0 atom stereocenters. The number of carbonyl (C=O) groups excluding carboxylic acids is 1. The van der Waals surface area contributed by atoms with Gasteiger partial charge < -0.3 is 20.1 Å². The fraction of sp³-hybridized carbons (Fsp3) is 0.333. The van der Waals surface area contributed by atoms with Crippen molar-refractivity contribution in [3.63, 3.8) is 0 Å². The van der Waals surface area contributed by atoms with Gasteiger partial charge in [-0.05, 0) is 42.2 Å². The first-order chi connectivity index (χ1) is 15.9. The third-order valence-corrected chi connectivity index (χ3v) is 5.03. The Morgan fingerprint density at radius 3 is 2.58 bits per heavy atom. The molecule has 174 valence electrons. The minimum Gasteiger partial charge on any atom is -0.494 e. The van der Waals surface area contributed by atoms with Crippen molar-refractivity contribution in [2.24, 2.45) is 0 Å². The van der Waals surface area contributed by atoms with Crippen molar-refractivity contribution in [2.75, 3.05) is 17.2 Å². The number of para-hydroxylation sites is 1. The molecule has 1 aromatic heterocycles. The molecule has 2 amide bonds. The van der Waals surface area contributed by atoms with Gasteiger partial charge in [-0.15, -0.1) is 0 Å². The van der Waals surface area contributed by atoms with Gasteiger partial charge in [0.15, 0.2) is 0 Å². The lowest BCUT2D eigenvalue weighted by atomic mass is 9.86. The van der Waals surface area contributed by atoms with Crippen LogP contribution in [0.15, 0.2) is 66.9 Å². The Morgan fingerprint density at radius 2 is 1.79 bits per heavy atom. The van der Waals surface area contributed by atoms with E-state index in [0.29, 0.717) is 29.6 Å². The van der Waals surface area contributed by atoms with Crippen LogP contribution in [0.3, 0.4) is 0 Å². The van der Waals surface area contributed by atoms with Gasteiger partial charge in [0, 0.05) is 23.5 Å². The quantitative estimate of drug-likeness (QED) is 0.336. The van der Waals surface area contributed by atoms with Gasteiger partial charge in [0.2, 0.25) is 5.88 Å². The van der Waals surface area contributed by atoms with Gasteiger partial charge in [-0.3, -0.25) is 0 Å². The van der Waals surface area contributed by atoms with Crippen LogP contribution in [-0.4, -0.2) is 17.6 Å². The van der Waals surface area contributed by atoms with Crippen molar-refractivity contribution in [3.8, 4) is 17.4 Å². The Hall–Kier alpha value is -3.54. The van der Waals surface area contributed by atoms with E-state index in [4.69, 9.17) is 9.47 Å². The Balaban J connectivity index is 1.68. The molecular formula is C27H33N3O3. The van der Waals surface area contributed by atoms with Crippen molar-refractivity contribution in [2.45, 2.75) is 52.4 Å². The van der Waals surface area contributed by atoms with E-state index in [9.17, 15) is 4.79 Å². The topological polar surface area (TPSA) is 72.5 Å². The van der Waals surface area contributed by atoms with E-state index >= 15 is 0 Å². The van der Waals surface area contributed by atoms with Gasteiger partial charge in [0.05, 0.1) is 6.61 Å². The number of nitrogens with one attached hydrogen (secondary N) is 2. The second-order valence-corrected chi connectivity index (χ2v) is 8.87. The number of ether oxygens (including phenoxy) is 2. The molecule has 0 saturated heterocycles. The highest BCUT2D eigenvalue weighted by molar-refractivity contribution is 6.00. The number of aromatic nitrogens is 1. The second-order valence-electron chi connectivity index (χ2n) is 8.87. The van der Waals surface area contributed by atoms with Crippen LogP contribution >= 0.6 is 0 Å². The number of carbonyl (C=O) groups is 1. The molecule has 0 aliphatic heterocycles. The molecule has 0 saturated carbocycles. The molecule has 0 bridgehead atoms. The largest absolute Gasteiger partial charge is 0.494 e. The summed E-state index contributed by atoms with van der Waals surface area (Å²) in [4.78, 5) is 17.0. The van der Waals surface area contributed by atoms with Gasteiger partial charge in [0.1, 0.15) is 17.2 Å². The number of benzene rings is 2. The van der Waals surface area contributed by atoms with Crippen LogP contribution in [-0.2, 0) is 5.41 Å². The second kappa shape index (κ2) is 11.4. The summed E-state index contributed by atoms with van der Waals surface area (Å²) in [5.74, 6) is 1.77. The monoisotopic (exact) mass is 447 g/mol. The normalized spacial score (nSPS) is 11.0. The van der Waals surface area contributed by atoms with Gasteiger partial charge in [-0.1, -0.05) is 64.8 Å². The van der Waals surface area contributed by atoms with Crippen LogP contribution in [0.4, 0.5) is 16.2 Å². The molecule has 2 N–H and O–H groups in total. The fourth-order valence-electron chi connectivity index (χ4n) is 3.34. The first kappa shape index (κ1) is 24.1. The average molecular weight is 448 g/mol. The summed E-state index contributed by atoms with van der Waals surface area (Å²) in [5.41, 5.74) is 2.08. The third kappa shape index (κ3) is 7.24. The zero-order chi connectivity index (χ0) is 23.7. The van der Waals surface area contributed by atoms with E-state index in [1.54, 1.807) is 18.3 Å². The molecule has 3 aromatic rings. The van der Waals surface area contributed by atoms with Gasteiger partial charge in [-0.25, -0.2) is 9.78 Å². The molecule has 33 heavy (non-hydrogen) atoms. The van der Waals surface area contributed by atoms with Crippen LogP contribution in [0.5, 0.6) is 17.4 Å². The molecule has 0 unspecified atom stereocenters. The number of rotatable bonds is 9. The molecule has 6 heteroatoms. The zero-order valence-electron chi connectivity index (χ0n) is 19.9. The van der Waals surface area contributed by atoms with E-state index in [-0.39, 0.29) is 11.4 Å². The summed E-state index contributed by atoms with van der Waals surface area (Å²) in [6.07, 6.45) is 4.93. The standard InChI is InChI=1S/C27H33N3O3/c1-5-6-9-18-32-21-13-10-12-20(19-21)29-26(31)30-23-15-11-17-28-25(23)33-24-16-8-7-14-22(24)27(2,3)4/h7-8,10-17,19H,5-6,9,18H2,1-4H3,(H2,29,30,31). The summed E-state index contributed by atoms with van der Waals surface area (Å²) in [5, 5.41) is 5.68. The predicted octanol–water partition coefficient (Wildman–Crippen LogP) is 7.38. The minimum atomic E-state index is -0.389. The number of urea groups is 1. The summed E-state index contributed by atoms with van der Waals surface area (Å²) >= 11 is 0. The minimum absolute atomic E-state index is 0.0973. The smallest absolute Gasteiger partial charge is 0.323 e.